The minimum Gasteiger partial charge on any atom is -0.167 e. The molecule has 92 valence electrons. The molecule has 0 aliphatic rings. The summed E-state index contributed by atoms with van der Waals surface area (Å²) in [5, 5.41) is 0. The van der Waals surface area contributed by atoms with E-state index in [4.69, 9.17) is 11.8 Å². The summed E-state index contributed by atoms with van der Waals surface area (Å²) in [5.41, 5.74) is 0. The lowest BCUT2D eigenvalue weighted by atomic mass is 11.0. The van der Waals surface area contributed by atoms with Gasteiger partial charge in [-0.05, 0) is 31.7 Å². The first kappa shape index (κ1) is 15.7. The largest absolute Gasteiger partial charge is 0.413 e. The van der Waals surface area contributed by atoms with Gasteiger partial charge in [-0.1, -0.05) is 11.8 Å². The summed E-state index contributed by atoms with van der Waals surface area (Å²) < 4.78 is 72.5. The lowest BCUT2D eigenvalue weighted by molar-refractivity contribution is -0.0831. The summed E-state index contributed by atoms with van der Waals surface area (Å²) in [7, 11) is -3.95. The Bertz CT molecular complexity index is 237. The zero-order valence-electron chi connectivity index (χ0n) is 7.98. The Kier molecular flexibility index (Phi) is 5.10. The SMILES string of the molecule is CP(C)(=S)CCP(C(F)(F)F)C(F)(F)F. The standard InChI is InChI=1S/C6H10F6P2S/c1-14(2,15)4-3-13(5(7,8)9)6(10,11)12/h3-4H2,1-2H3. The summed E-state index contributed by atoms with van der Waals surface area (Å²) in [4.78, 5) is 0. The first-order valence-electron chi connectivity index (χ1n) is 3.79. The molecule has 0 bridgehead atoms. The van der Waals surface area contributed by atoms with Crippen LogP contribution in [0.1, 0.15) is 0 Å². The van der Waals surface area contributed by atoms with Crippen LogP contribution in [-0.2, 0) is 11.8 Å². The number of alkyl halides is 6. The Morgan fingerprint density at radius 2 is 1.33 bits per heavy atom. The molecule has 15 heavy (non-hydrogen) atoms. The van der Waals surface area contributed by atoms with E-state index in [1.165, 1.54) is 0 Å². The number of rotatable bonds is 3. The van der Waals surface area contributed by atoms with E-state index in [0.717, 1.165) is 0 Å². The molecule has 0 aliphatic carbocycles. The first-order chi connectivity index (χ1) is 6.34. The van der Waals surface area contributed by atoms with Gasteiger partial charge in [0.25, 0.3) is 0 Å². The van der Waals surface area contributed by atoms with E-state index < -0.39 is 32.0 Å². The highest BCUT2D eigenvalue weighted by atomic mass is 32.4. The van der Waals surface area contributed by atoms with Gasteiger partial charge in [0, 0.05) is 0 Å². The molecule has 9 heteroatoms. The van der Waals surface area contributed by atoms with Gasteiger partial charge in [0.05, 0.1) is 0 Å². The van der Waals surface area contributed by atoms with Gasteiger partial charge in [0.15, 0.2) is 0 Å². The molecule has 0 aromatic heterocycles. The molecule has 0 spiro atoms. The molecule has 0 radical (unpaired) electrons. The second-order valence-corrected chi connectivity index (χ2v) is 12.3. The predicted molar refractivity (Wildman–Crippen MR) is 54.9 cm³/mol. The van der Waals surface area contributed by atoms with Crippen molar-refractivity contribution in [2.45, 2.75) is 11.8 Å². The highest BCUT2D eigenvalue weighted by Crippen LogP contribution is 2.65. The number of halogens is 6. The Hall–Kier alpha value is 0.660. The first-order valence-corrected chi connectivity index (χ1v) is 9.20. The van der Waals surface area contributed by atoms with E-state index in [2.05, 4.69) is 0 Å². The van der Waals surface area contributed by atoms with Crippen molar-refractivity contribution < 1.29 is 26.3 Å². The predicted octanol–water partition coefficient (Wildman–Crippen LogP) is 4.25. The average Bonchev–Trinajstić information content (AvgIpc) is 1.75. The molecule has 0 aromatic rings. The smallest absolute Gasteiger partial charge is 0.167 e. The van der Waals surface area contributed by atoms with Gasteiger partial charge < -0.3 is 0 Å². The maximum absolute atomic E-state index is 12.1. The Morgan fingerprint density at radius 1 is 1.00 bits per heavy atom. The zero-order chi connectivity index (χ0) is 12.5. The molecule has 0 N–H and O–H groups in total. The van der Waals surface area contributed by atoms with Crippen LogP contribution in [0.2, 0.25) is 0 Å². The topological polar surface area (TPSA) is 0 Å². The van der Waals surface area contributed by atoms with E-state index in [9.17, 15) is 26.3 Å². The lowest BCUT2D eigenvalue weighted by Gasteiger charge is -2.24. The minimum absolute atomic E-state index is 0.160. The van der Waals surface area contributed by atoms with Crippen molar-refractivity contribution in [2.75, 3.05) is 25.7 Å². The molecule has 0 rings (SSSR count). The van der Waals surface area contributed by atoms with Crippen LogP contribution in [0, 0.1) is 0 Å². The maximum Gasteiger partial charge on any atom is 0.413 e. The highest BCUT2D eigenvalue weighted by molar-refractivity contribution is 8.14. The average molecular weight is 290 g/mol. The normalized spacial score (nSPS) is 14.7. The second kappa shape index (κ2) is 4.89. The van der Waals surface area contributed by atoms with E-state index >= 15 is 0 Å². The quantitative estimate of drug-likeness (QED) is 0.553. The monoisotopic (exact) mass is 290 g/mol. The highest BCUT2D eigenvalue weighted by Gasteiger charge is 2.55. The van der Waals surface area contributed by atoms with Crippen molar-refractivity contribution in [3.05, 3.63) is 0 Å². The van der Waals surface area contributed by atoms with E-state index in [1.54, 1.807) is 13.3 Å². The number of hydrogen-bond donors (Lipinski definition) is 0. The summed E-state index contributed by atoms with van der Waals surface area (Å²) in [6.45, 7) is 3.09. The van der Waals surface area contributed by atoms with Gasteiger partial charge in [-0.25, -0.2) is 0 Å². The summed E-state index contributed by atoms with van der Waals surface area (Å²) in [6.07, 6.45) is -1.06. The van der Waals surface area contributed by atoms with E-state index in [-0.39, 0.29) is 6.16 Å². The van der Waals surface area contributed by atoms with Gasteiger partial charge in [0.1, 0.15) is 7.92 Å². The fourth-order valence-corrected chi connectivity index (χ4v) is 4.99. The van der Waals surface area contributed by atoms with Crippen LogP contribution in [0.25, 0.3) is 0 Å². The van der Waals surface area contributed by atoms with Gasteiger partial charge in [-0.2, -0.15) is 26.3 Å². The lowest BCUT2D eigenvalue weighted by Crippen LogP contribution is -2.21. The van der Waals surface area contributed by atoms with Gasteiger partial charge in [-0.3, -0.25) is 0 Å². The molecule has 0 saturated carbocycles. The molecule has 0 heterocycles. The summed E-state index contributed by atoms with van der Waals surface area (Å²) >= 11 is 4.84. The van der Waals surface area contributed by atoms with Gasteiger partial charge >= 0.3 is 11.8 Å². The molecule has 0 nitrogen and oxygen atoms in total. The van der Waals surface area contributed by atoms with Crippen LogP contribution in [0.15, 0.2) is 0 Å². The van der Waals surface area contributed by atoms with Crippen molar-refractivity contribution in [3.63, 3.8) is 0 Å². The van der Waals surface area contributed by atoms with Crippen LogP contribution in [-0.4, -0.2) is 37.5 Å². The van der Waals surface area contributed by atoms with Gasteiger partial charge in [0.2, 0.25) is 0 Å². The third-order valence-electron chi connectivity index (χ3n) is 1.47. The summed E-state index contributed by atoms with van der Waals surface area (Å²) in [6, 6.07) is -2.01. The van der Waals surface area contributed by atoms with Crippen LogP contribution in [0.3, 0.4) is 0 Å². The van der Waals surface area contributed by atoms with Crippen molar-refractivity contribution in [3.8, 4) is 0 Å². The Morgan fingerprint density at radius 3 is 1.53 bits per heavy atom. The van der Waals surface area contributed by atoms with Crippen molar-refractivity contribution >= 4 is 25.8 Å². The molecule has 0 amide bonds. The maximum atomic E-state index is 12.1. The Balaban J connectivity index is 4.64. The van der Waals surface area contributed by atoms with Crippen LogP contribution < -0.4 is 0 Å². The van der Waals surface area contributed by atoms with Crippen LogP contribution in [0.5, 0.6) is 0 Å². The molecule has 0 aromatic carbocycles. The third kappa shape index (κ3) is 6.75. The van der Waals surface area contributed by atoms with Crippen LogP contribution in [0.4, 0.5) is 26.3 Å². The zero-order valence-corrected chi connectivity index (χ0v) is 10.6. The molecule has 0 atom stereocenters. The van der Waals surface area contributed by atoms with Crippen LogP contribution >= 0.6 is 14.0 Å². The van der Waals surface area contributed by atoms with Crippen molar-refractivity contribution in [1.82, 2.24) is 0 Å². The molecular weight excluding hydrogens is 280 g/mol. The minimum atomic E-state index is -5.17. The van der Waals surface area contributed by atoms with E-state index in [0.29, 0.717) is 0 Å². The number of hydrogen-bond acceptors (Lipinski definition) is 1. The molecule has 0 aliphatic heterocycles. The fraction of sp³-hybridized carbons (Fsp3) is 1.00. The fourth-order valence-electron chi connectivity index (χ4n) is 0.738. The Labute approximate surface area is 90.2 Å². The molecular formula is C6H10F6P2S. The molecule has 0 saturated heterocycles. The van der Waals surface area contributed by atoms with Crippen molar-refractivity contribution in [1.29, 1.82) is 0 Å². The van der Waals surface area contributed by atoms with E-state index in [1.807, 2.05) is 0 Å². The van der Waals surface area contributed by atoms with Gasteiger partial charge in [-0.15, -0.1) is 0 Å². The molecule has 0 fully saturated rings. The third-order valence-corrected chi connectivity index (χ3v) is 5.57. The van der Waals surface area contributed by atoms with Crippen molar-refractivity contribution in [2.24, 2.45) is 0 Å². The second-order valence-electron chi connectivity index (χ2n) is 3.38. The molecule has 0 unspecified atom stereocenters. The summed E-state index contributed by atoms with van der Waals surface area (Å²) in [5.74, 6) is -10.3.